The quantitative estimate of drug-likeness (QED) is 0.600. The lowest BCUT2D eigenvalue weighted by Crippen LogP contribution is -2.36. The minimum absolute atomic E-state index is 0. The number of amides is 1. The average molecular weight is 395 g/mol. The SMILES string of the molecule is Cl.NCCN(CCC(c1ccccc1)c1ccccc1)C(=O)c1ccccc1. The first kappa shape index (κ1) is 21.7. The van der Waals surface area contributed by atoms with Gasteiger partial charge in [-0.15, -0.1) is 12.4 Å². The van der Waals surface area contributed by atoms with Crippen LogP contribution in [0.4, 0.5) is 0 Å². The lowest BCUT2D eigenvalue weighted by molar-refractivity contribution is 0.0756. The maximum Gasteiger partial charge on any atom is 0.253 e. The van der Waals surface area contributed by atoms with Gasteiger partial charge in [-0.25, -0.2) is 0 Å². The minimum Gasteiger partial charge on any atom is -0.337 e. The van der Waals surface area contributed by atoms with Crippen LogP contribution >= 0.6 is 12.4 Å². The van der Waals surface area contributed by atoms with Crippen molar-refractivity contribution in [2.24, 2.45) is 5.73 Å². The van der Waals surface area contributed by atoms with E-state index in [1.165, 1.54) is 11.1 Å². The molecule has 0 heterocycles. The Labute approximate surface area is 173 Å². The second kappa shape index (κ2) is 11.3. The zero-order valence-corrected chi connectivity index (χ0v) is 16.7. The fourth-order valence-corrected chi connectivity index (χ4v) is 3.42. The van der Waals surface area contributed by atoms with Gasteiger partial charge in [0.1, 0.15) is 0 Å². The van der Waals surface area contributed by atoms with Gasteiger partial charge in [0.25, 0.3) is 5.91 Å². The zero-order chi connectivity index (χ0) is 18.9. The van der Waals surface area contributed by atoms with E-state index in [4.69, 9.17) is 5.73 Å². The molecule has 3 aromatic rings. The van der Waals surface area contributed by atoms with E-state index < -0.39 is 0 Å². The molecule has 3 rings (SSSR count). The third-order valence-corrected chi connectivity index (χ3v) is 4.80. The Morgan fingerprint density at radius 2 is 1.21 bits per heavy atom. The van der Waals surface area contributed by atoms with Crippen molar-refractivity contribution < 1.29 is 4.79 Å². The van der Waals surface area contributed by atoms with Gasteiger partial charge in [0.2, 0.25) is 0 Å². The van der Waals surface area contributed by atoms with Crippen LogP contribution in [0.2, 0.25) is 0 Å². The van der Waals surface area contributed by atoms with Crippen LogP contribution in [0, 0.1) is 0 Å². The lowest BCUT2D eigenvalue weighted by Gasteiger charge is -2.26. The smallest absolute Gasteiger partial charge is 0.253 e. The third kappa shape index (κ3) is 5.69. The van der Waals surface area contributed by atoms with E-state index in [0.717, 1.165) is 6.42 Å². The number of nitrogens with two attached hydrogens (primary N) is 1. The van der Waals surface area contributed by atoms with Crippen molar-refractivity contribution in [1.29, 1.82) is 0 Å². The highest BCUT2D eigenvalue weighted by atomic mass is 35.5. The van der Waals surface area contributed by atoms with Crippen LogP contribution in [0.1, 0.15) is 33.8 Å². The van der Waals surface area contributed by atoms with Gasteiger partial charge in [-0.05, 0) is 29.7 Å². The van der Waals surface area contributed by atoms with Crippen molar-refractivity contribution in [1.82, 2.24) is 4.90 Å². The molecule has 0 atom stereocenters. The summed E-state index contributed by atoms with van der Waals surface area (Å²) in [4.78, 5) is 14.8. The molecule has 3 aromatic carbocycles. The van der Waals surface area contributed by atoms with E-state index in [1.807, 2.05) is 47.4 Å². The maximum absolute atomic E-state index is 12.9. The standard InChI is InChI=1S/C24H26N2O.ClH/c25-17-19-26(24(27)22-14-8-3-9-15-22)18-16-23(20-10-4-1-5-11-20)21-12-6-2-7-13-21;/h1-15,23H,16-19,25H2;1H. The molecular formula is C24H27ClN2O. The highest BCUT2D eigenvalue weighted by Crippen LogP contribution is 2.28. The molecule has 28 heavy (non-hydrogen) atoms. The molecule has 0 unspecified atom stereocenters. The van der Waals surface area contributed by atoms with E-state index in [2.05, 4.69) is 48.5 Å². The summed E-state index contributed by atoms with van der Waals surface area (Å²) < 4.78 is 0. The molecule has 0 fully saturated rings. The molecule has 0 saturated carbocycles. The highest BCUT2D eigenvalue weighted by molar-refractivity contribution is 5.94. The number of rotatable bonds is 8. The van der Waals surface area contributed by atoms with Crippen molar-refractivity contribution >= 4 is 18.3 Å². The van der Waals surface area contributed by atoms with Gasteiger partial charge in [0.15, 0.2) is 0 Å². The Balaban J connectivity index is 0.00000280. The van der Waals surface area contributed by atoms with E-state index in [1.54, 1.807) is 0 Å². The van der Waals surface area contributed by atoms with E-state index in [-0.39, 0.29) is 24.2 Å². The molecule has 0 aromatic heterocycles. The number of hydrogen-bond donors (Lipinski definition) is 1. The second-order valence-electron chi connectivity index (χ2n) is 6.61. The van der Waals surface area contributed by atoms with Crippen molar-refractivity contribution in [3.63, 3.8) is 0 Å². The van der Waals surface area contributed by atoms with Gasteiger partial charge in [0.05, 0.1) is 0 Å². The molecule has 2 N–H and O–H groups in total. The van der Waals surface area contributed by atoms with Crippen LogP contribution in [0.3, 0.4) is 0 Å². The minimum atomic E-state index is 0. The van der Waals surface area contributed by atoms with Crippen LogP contribution in [-0.4, -0.2) is 30.4 Å². The molecule has 0 aliphatic rings. The molecule has 0 bridgehead atoms. The number of carbonyl (C=O) groups is 1. The summed E-state index contributed by atoms with van der Waals surface area (Å²) in [6.45, 7) is 1.68. The summed E-state index contributed by atoms with van der Waals surface area (Å²) in [6.07, 6.45) is 0.854. The molecule has 146 valence electrons. The number of halogens is 1. The molecule has 0 radical (unpaired) electrons. The van der Waals surface area contributed by atoms with E-state index >= 15 is 0 Å². The second-order valence-corrected chi connectivity index (χ2v) is 6.61. The Morgan fingerprint density at radius 1 is 0.750 bits per heavy atom. The van der Waals surface area contributed by atoms with Gasteiger partial charge >= 0.3 is 0 Å². The molecule has 4 heteroatoms. The molecule has 0 spiro atoms. The van der Waals surface area contributed by atoms with Crippen LogP contribution in [0.15, 0.2) is 91.0 Å². The van der Waals surface area contributed by atoms with E-state index in [0.29, 0.717) is 25.2 Å². The Kier molecular flexibility index (Phi) is 8.73. The largest absolute Gasteiger partial charge is 0.337 e. The van der Waals surface area contributed by atoms with Gasteiger partial charge in [-0.2, -0.15) is 0 Å². The van der Waals surface area contributed by atoms with E-state index in [9.17, 15) is 4.79 Å². The Morgan fingerprint density at radius 3 is 1.68 bits per heavy atom. The number of benzene rings is 3. The first-order chi connectivity index (χ1) is 13.3. The first-order valence-corrected chi connectivity index (χ1v) is 9.44. The molecule has 1 amide bonds. The molecule has 0 aliphatic heterocycles. The Bertz CT molecular complexity index is 785. The molecule has 3 nitrogen and oxygen atoms in total. The van der Waals surface area contributed by atoms with Crippen LogP contribution in [-0.2, 0) is 0 Å². The number of hydrogen-bond acceptors (Lipinski definition) is 2. The molecule has 0 saturated heterocycles. The predicted molar refractivity (Wildman–Crippen MR) is 118 cm³/mol. The summed E-state index contributed by atoms with van der Waals surface area (Å²) in [5.74, 6) is 0.289. The van der Waals surface area contributed by atoms with Crippen LogP contribution in [0.25, 0.3) is 0 Å². The topological polar surface area (TPSA) is 46.3 Å². The molecule has 0 aliphatic carbocycles. The van der Waals surface area contributed by atoms with Gasteiger partial charge in [-0.3, -0.25) is 4.79 Å². The average Bonchev–Trinajstić information content (AvgIpc) is 2.75. The fourth-order valence-electron chi connectivity index (χ4n) is 3.42. The number of nitrogens with zero attached hydrogens (tertiary/aromatic N) is 1. The van der Waals surface area contributed by atoms with Crippen LogP contribution < -0.4 is 5.73 Å². The zero-order valence-electron chi connectivity index (χ0n) is 15.9. The maximum atomic E-state index is 12.9. The monoisotopic (exact) mass is 394 g/mol. The first-order valence-electron chi connectivity index (χ1n) is 9.44. The summed E-state index contributed by atoms with van der Waals surface area (Å²) in [7, 11) is 0. The number of carbonyl (C=O) groups excluding carboxylic acids is 1. The normalized spacial score (nSPS) is 10.4. The van der Waals surface area contributed by atoms with Gasteiger partial charge in [-0.1, -0.05) is 78.9 Å². The summed E-state index contributed by atoms with van der Waals surface area (Å²) in [5.41, 5.74) is 9.02. The Hall–Kier alpha value is -2.62. The molecular weight excluding hydrogens is 368 g/mol. The van der Waals surface area contributed by atoms with Crippen molar-refractivity contribution in [3.8, 4) is 0 Å². The summed E-state index contributed by atoms with van der Waals surface area (Å²) in [6, 6.07) is 30.4. The predicted octanol–water partition coefficient (Wildman–Crippen LogP) is 4.73. The summed E-state index contributed by atoms with van der Waals surface area (Å²) in [5, 5.41) is 0. The van der Waals surface area contributed by atoms with Gasteiger partial charge < -0.3 is 10.6 Å². The lowest BCUT2D eigenvalue weighted by atomic mass is 9.88. The van der Waals surface area contributed by atoms with Gasteiger partial charge in [0, 0.05) is 31.1 Å². The van der Waals surface area contributed by atoms with Crippen molar-refractivity contribution in [3.05, 3.63) is 108 Å². The summed E-state index contributed by atoms with van der Waals surface area (Å²) >= 11 is 0. The fraction of sp³-hybridized carbons (Fsp3) is 0.208. The highest BCUT2D eigenvalue weighted by Gasteiger charge is 2.19. The van der Waals surface area contributed by atoms with Crippen LogP contribution in [0.5, 0.6) is 0 Å². The van der Waals surface area contributed by atoms with Crippen molar-refractivity contribution in [2.75, 3.05) is 19.6 Å². The van der Waals surface area contributed by atoms with Crippen molar-refractivity contribution in [2.45, 2.75) is 12.3 Å². The third-order valence-electron chi connectivity index (χ3n) is 4.80.